The van der Waals surface area contributed by atoms with Gasteiger partial charge in [-0.15, -0.1) is 0 Å². The fourth-order valence-corrected chi connectivity index (χ4v) is 7.37. The van der Waals surface area contributed by atoms with E-state index in [-0.39, 0.29) is 24.4 Å². The molecule has 2 saturated heterocycles. The van der Waals surface area contributed by atoms with Crippen molar-refractivity contribution in [2.24, 2.45) is 0 Å². The number of hydrogen-bond acceptors (Lipinski definition) is 4. The van der Waals surface area contributed by atoms with E-state index in [1.54, 1.807) is 0 Å². The number of allylic oxidation sites excluding steroid dienone is 8. The molecular weight excluding hydrogens is 602 g/mol. The highest BCUT2D eigenvalue weighted by Crippen LogP contribution is 2.44. The average Bonchev–Trinajstić information content (AvgIpc) is 3.59. The van der Waals surface area contributed by atoms with Crippen LogP contribution in [0.5, 0.6) is 0 Å². The van der Waals surface area contributed by atoms with Gasteiger partial charge in [0.05, 0.1) is 12.2 Å². The van der Waals surface area contributed by atoms with Crippen molar-refractivity contribution in [1.29, 1.82) is 0 Å². The topological polar surface area (TPSA) is 30.9 Å². The van der Waals surface area contributed by atoms with Crippen molar-refractivity contribution < 1.29 is 14.2 Å². The number of unbranched alkanes of at least 4 members (excludes halogenated alkanes) is 18. The highest BCUT2D eigenvalue weighted by Gasteiger charge is 2.56. The molecule has 4 nitrogen and oxygen atoms in total. The molecule has 0 N–H and O–H groups in total. The molecule has 0 bridgehead atoms. The molecule has 4 heteroatoms. The summed E-state index contributed by atoms with van der Waals surface area (Å²) < 4.78 is 20.1. The summed E-state index contributed by atoms with van der Waals surface area (Å²) in [4.78, 5) is 2.22. The SMILES string of the molecule is CCCCC/C=C\C/C=C\CCCCCCCCC1(CCCCCCCC/C=C\C/C=C\CCCCC)O[C@@H]2[C@H](O1)[C@H](CN(C)C)O[C@@H]2C. The van der Waals surface area contributed by atoms with Crippen LogP contribution in [0.4, 0.5) is 0 Å². The molecule has 2 aliphatic rings. The van der Waals surface area contributed by atoms with E-state index in [4.69, 9.17) is 14.2 Å². The Morgan fingerprint density at radius 3 is 1.31 bits per heavy atom. The molecule has 2 rings (SSSR count). The van der Waals surface area contributed by atoms with Gasteiger partial charge in [-0.05, 0) is 98.1 Å². The van der Waals surface area contributed by atoms with Crippen LogP contribution >= 0.6 is 0 Å². The Hall–Kier alpha value is -1.20. The summed E-state index contributed by atoms with van der Waals surface area (Å²) in [5, 5.41) is 0. The molecule has 0 aromatic rings. The van der Waals surface area contributed by atoms with Crippen LogP contribution in [0.25, 0.3) is 0 Å². The molecule has 0 aromatic carbocycles. The number of rotatable bonds is 32. The first-order valence-corrected chi connectivity index (χ1v) is 21.3. The molecule has 4 atom stereocenters. The molecule has 49 heavy (non-hydrogen) atoms. The first kappa shape index (κ1) is 44.0. The van der Waals surface area contributed by atoms with Gasteiger partial charge in [0.2, 0.25) is 0 Å². The van der Waals surface area contributed by atoms with Gasteiger partial charge in [-0.1, -0.05) is 140 Å². The zero-order valence-electron chi connectivity index (χ0n) is 33.2. The van der Waals surface area contributed by atoms with Gasteiger partial charge in [0.15, 0.2) is 5.79 Å². The van der Waals surface area contributed by atoms with E-state index in [0.29, 0.717) is 0 Å². The number of fused-ring (bicyclic) bond motifs is 1. The normalized spacial score (nSPS) is 22.3. The summed E-state index contributed by atoms with van der Waals surface area (Å²) in [5.41, 5.74) is 0. The van der Waals surface area contributed by atoms with Crippen molar-refractivity contribution in [1.82, 2.24) is 4.90 Å². The van der Waals surface area contributed by atoms with Crippen LogP contribution in [0.15, 0.2) is 48.6 Å². The van der Waals surface area contributed by atoms with Crippen LogP contribution in [-0.2, 0) is 14.2 Å². The summed E-state index contributed by atoms with van der Waals surface area (Å²) in [6, 6.07) is 0. The van der Waals surface area contributed by atoms with Gasteiger partial charge >= 0.3 is 0 Å². The molecule has 0 radical (unpaired) electrons. The van der Waals surface area contributed by atoms with Gasteiger partial charge in [0.1, 0.15) is 12.2 Å². The van der Waals surface area contributed by atoms with Gasteiger partial charge in [-0.2, -0.15) is 0 Å². The lowest BCUT2D eigenvalue weighted by atomic mass is 9.98. The minimum absolute atomic E-state index is 0.0617. The monoisotopic (exact) mass is 684 g/mol. The fourth-order valence-electron chi connectivity index (χ4n) is 7.37. The molecule has 284 valence electrons. The van der Waals surface area contributed by atoms with Gasteiger partial charge in [0, 0.05) is 19.4 Å². The lowest BCUT2D eigenvalue weighted by Gasteiger charge is -2.31. The zero-order valence-corrected chi connectivity index (χ0v) is 33.2. The molecule has 2 aliphatic heterocycles. The van der Waals surface area contributed by atoms with Crippen LogP contribution in [0.2, 0.25) is 0 Å². The van der Waals surface area contributed by atoms with E-state index in [9.17, 15) is 0 Å². The maximum atomic E-state index is 6.91. The second-order valence-corrected chi connectivity index (χ2v) is 15.4. The Kier molecular flexibility index (Phi) is 26.4. The number of hydrogen-bond donors (Lipinski definition) is 0. The number of ether oxygens (including phenoxy) is 3. The van der Waals surface area contributed by atoms with Crippen LogP contribution in [-0.4, -0.2) is 55.7 Å². The smallest absolute Gasteiger partial charge is 0.169 e. The minimum Gasteiger partial charge on any atom is -0.368 e. The van der Waals surface area contributed by atoms with E-state index >= 15 is 0 Å². The van der Waals surface area contributed by atoms with Crippen molar-refractivity contribution in [2.45, 2.75) is 218 Å². The lowest BCUT2D eigenvalue weighted by Crippen LogP contribution is -2.38. The first-order chi connectivity index (χ1) is 24.0. The third-order valence-electron chi connectivity index (χ3n) is 10.3. The van der Waals surface area contributed by atoms with Gasteiger partial charge in [-0.25, -0.2) is 0 Å². The van der Waals surface area contributed by atoms with E-state index in [1.807, 2.05) is 0 Å². The predicted molar refractivity (Wildman–Crippen MR) is 213 cm³/mol. The van der Waals surface area contributed by atoms with E-state index in [1.165, 1.54) is 141 Å². The van der Waals surface area contributed by atoms with E-state index < -0.39 is 5.79 Å². The van der Waals surface area contributed by atoms with Gasteiger partial charge in [-0.3, -0.25) is 0 Å². The Labute approximate surface area is 305 Å². The lowest BCUT2D eigenvalue weighted by molar-refractivity contribution is -0.217. The fraction of sp³-hybridized carbons (Fsp3) is 0.822. The molecule has 2 heterocycles. The van der Waals surface area contributed by atoms with Crippen molar-refractivity contribution in [2.75, 3.05) is 20.6 Å². The number of nitrogens with zero attached hydrogens (tertiary/aromatic N) is 1. The Balaban J connectivity index is 1.63. The second-order valence-electron chi connectivity index (χ2n) is 15.4. The Morgan fingerprint density at radius 1 is 0.490 bits per heavy atom. The van der Waals surface area contributed by atoms with Gasteiger partial charge < -0.3 is 19.1 Å². The maximum Gasteiger partial charge on any atom is 0.169 e. The summed E-state index contributed by atoms with van der Waals surface area (Å²) >= 11 is 0. The van der Waals surface area contributed by atoms with E-state index in [0.717, 1.165) is 32.2 Å². The minimum atomic E-state index is -0.414. The van der Waals surface area contributed by atoms with E-state index in [2.05, 4.69) is 88.4 Å². The van der Waals surface area contributed by atoms with Gasteiger partial charge in [0.25, 0.3) is 0 Å². The Bertz CT molecular complexity index is 826. The molecule has 0 amide bonds. The van der Waals surface area contributed by atoms with Crippen molar-refractivity contribution in [3.8, 4) is 0 Å². The molecule has 0 unspecified atom stereocenters. The van der Waals surface area contributed by atoms with Crippen molar-refractivity contribution >= 4 is 0 Å². The summed E-state index contributed by atoms with van der Waals surface area (Å²) in [5.74, 6) is -0.414. The third kappa shape index (κ3) is 21.0. The Morgan fingerprint density at radius 2 is 0.878 bits per heavy atom. The third-order valence-corrected chi connectivity index (χ3v) is 10.3. The maximum absolute atomic E-state index is 6.91. The summed E-state index contributed by atoms with van der Waals surface area (Å²) in [6.45, 7) is 7.60. The summed E-state index contributed by atoms with van der Waals surface area (Å²) in [7, 11) is 4.25. The molecule has 0 spiro atoms. The van der Waals surface area contributed by atoms with Crippen molar-refractivity contribution in [3.63, 3.8) is 0 Å². The number of likely N-dealkylation sites (N-methyl/N-ethyl adjacent to an activating group) is 1. The molecule has 0 aromatic heterocycles. The molecule has 0 saturated carbocycles. The van der Waals surface area contributed by atoms with Crippen LogP contribution in [0, 0.1) is 0 Å². The van der Waals surface area contributed by atoms with Crippen LogP contribution < -0.4 is 0 Å². The molecule has 0 aliphatic carbocycles. The van der Waals surface area contributed by atoms with Crippen LogP contribution in [0.3, 0.4) is 0 Å². The van der Waals surface area contributed by atoms with Crippen LogP contribution in [0.1, 0.15) is 188 Å². The average molecular weight is 684 g/mol. The van der Waals surface area contributed by atoms with Crippen molar-refractivity contribution in [3.05, 3.63) is 48.6 Å². The molecule has 2 fully saturated rings. The highest BCUT2D eigenvalue weighted by molar-refractivity contribution is 4.99. The zero-order chi connectivity index (χ0) is 35.3. The largest absolute Gasteiger partial charge is 0.368 e. The summed E-state index contributed by atoms with van der Waals surface area (Å²) in [6.07, 6.45) is 51.9. The first-order valence-electron chi connectivity index (χ1n) is 21.3. The standard InChI is InChI=1S/C45H81NO3/c1-6-8-10-12-14-16-18-20-22-24-26-28-30-32-34-36-38-45(48-43-41(3)47-42(40-46(4)5)44(43)49-45)39-37-35-33-31-29-27-25-23-21-19-17-15-13-11-9-7-2/h14-17,20-23,41-44H,6-13,18-19,24-40H2,1-5H3/b16-14-,17-15-,22-20-,23-21-/t41-,42+,43+,44-/m1/s1. The quantitative estimate of drug-likeness (QED) is 0.0522. The highest BCUT2D eigenvalue weighted by atomic mass is 16.8. The predicted octanol–water partition coefficient (Wildman–Crippen LogP) is 13.2. The second kappa shape index (κ2) is 29.4. The molecular formula is C45H81NO3.